The Bertz CT molecular complexity index is 1480. The minimum atomic E-state index is -1.37. The third kappa shape index (κ3) is 13.7. The van der Waals surface area contributed by atoms with E-state index in [1.807, 2.05) is 41.5 Å². The number of hydrogen-bond donors (Lipinski definition) is 5. The van der Waals surface area contributed by atoms with Crippen molar-refractivity contribution in [3.63, 3.8) is 0 Å². The fraction of sp³-hybridized carbons (Fsp3) is 0.667. The van der Waals surface area contributed by atoms with Gasteiger partial charge in [0.2, 0.25) is 23.5 Å². The molecule has 1 aromatic rings. The molecule has 5 atom stereocenters. The van der Waals surface area contributed by atoms with Gasteiger partial charge in [0, 0.05) is 13.0 Å². The summed E-state index contributed by atoms with van der Waals surface area (Å²) >= 11 is 0. The van der Waals surface area contributed by atoms with Crippen LogP contribution in [0, 0.1) is 11.3 Å². The number of alkyl carbamates (subject to hydrolysis) is 1. The zero-order chi connectivity index (χ0) is 40.2. The topological polar surface area (TPSA) is 210 Å². The number of hydrogen-bond acceptors (Lipinski definition) is 9. The Morgan fingerprint density at radius 3 is 2.13 bits per heavy atom. The maximum Gasteiger partial charge on any atom is 0.407 e. The highest BCUT2D eigenvalue weighted by Crippen LogP contribution is 2.31. The number of carboxylic acids is 1. The molecule has 0 spiro atoms. The van der Waals surface area contributed by atoms with E-state index in [1.165, 1.54) is 17.0 Å². The second-order valence-electron chi connectivity index (χ2n) is 16.4. The molecule has 5 N–H and O–H groups in total. The number of carboxylic acid groups (broad SMARTS) is 1. The first kappa shape index (κ1) is 43.9. The van der Waals surface area contributed by atoms with Crippen molar-refractivity contribution in [2.75, 3.05) is 19.7 Å². The molecule has 300 valence electrons. The Morgan fingerprint density at radius 1 is 0.907 bits per heavy atom. The molecular formula is C39H59N5O10. The van der Waals surface area contributed by atoms with Crippen LogP contribution in [0.25, 0.3) is 0 Å². The molecule has 2 aliphatic rings. The van der Waals surface area contributed by atoms with Gasteiger partial charge >= 0.3 is 12.1 Å². The molecule has 54 heavy (non-hydrogen) atoms. The molecule has 5 amide bonds. The lowest BCUT2D eigenvalue weighted by Gasteiger charge is -2.34. The van der Waals surface area contributed by atoms with E-state index in [4.69, 9.17) is 9.47 Å². The third-order valence-corrected chi connectivity index (χ3v) is 9.19. The highest BCUT2D eigenvalue weighted by Gasteiger charge is 2.46. The van der Waals surface area contributed by atoms with E-state index >= 15 is 0 Å². The number of likely N-dealkylation sites (tertiary alicyclic amines) is 1. The Morgan fingerprint density at radius 2 is 1.56 bits per heavy atom. The first-order valence-electron chi connectivity index (χ1n) is 18.9. The van der Waals surface area contributed by atoms with Crippen LogP contribution in [-0.4, -0.2) is 101 Å². The lowest BCUT2D eigenvalue weighted by Crippen LogP contribution is -2.58. The van der Waals surface area contributed by atoms with Crippen LogP contribution in [-0.2, 0) is 38.2 Å². The monoisotopic (exact) mass is 757 g/mol. The second-order valence-corrected chi connectivity index (χ2v) is 16.4. The van der Waals surface area contributed by atoms with E-state index in [-0.39, 0.29) is 37.3 Å². The zero-order valence-corrected chi connectivity index (χ0v) is 32.7. The van der Waals surface area contributed by atoms with Crippen molar-refractivity contribution in [3.8, 4) is 0 Å². The van der Waals surface area contributed by atoms with Gasteiger partial charge in [-0.3, -0.25) is 24.0 Å². The largest absolute Gasteiger partial charge is 0.479 e. The number of amides is 5. The number of benzene rings is 1. The smallest absolute Gasteiger partial charge is 0.407 e. The Balaban J connectivity index is 1.76. The highest BCUT2D eigenvalue weighted by molar-refractivity contribution is 6.38. The van der Waals surface area contributed by atoms with Gasteiger partial charge in [0.05, 0.1) is 30.9 Å². The molecule has 1 saturated heterocycles. The molecule has 1 saturated carbocycles. The van der Waals surface area contributed by atoms with Crippen LogP contribution in [0.1, 0.15) is 111 Å². The molecule has 0 aromatic heterocycles. The van der Waals surface area contributed by atoms with Crippen molar-refractivity contribution in [2.24, 2.45) is 11.3 Å². The van der Waals surface area contributed by atoms with Crippen molar-refractivity contribution in [1.82, 2.24) is 26.2 Å². The quantitative estimate of drug-likeness (QED) is 0.155. The molecule has 2 fully saturated rings. The van der Waals surface area contributed by atoms with Gasteiger partial charge in [0.1, 0.15) is 12.1 Å². The fourth-order valence-corrected chi connectivity index (χ4v) is 6.73. The first-order valence-corrected chi connectivity index (χ1v) is 18.9. The summed E-state index contributed by atoms with van der Waals surface area (Å²) in [6, 6.07) is 3.33. The Hall–Kier alpha value is -4.53. The van der Waals surface area contributed by atoms with E-state index in [1.54, 1.807) is 25.1 Å². The molecule has 0 radical (unpaired) electrons. The lowest BCUT2D eigenvalue weighted by atomic mass is 9.83. The molecule has 0 bridgehead atoms. The number of aliphatic carboxylic acids is 1. The summed E-state index contributed by atoms with van der Waals surface area (Å²) < 4.78 is 11.7. The van der Waals surface area contributed by atoms with Crippen LogP contribution >= 0.6 is 0 Å². The summed E-state index contributed by atoms with van der Waals surface area (Å²) in [6.07, 6.45) is 3.60. The molecule has 3 rings (SSSR count). The lowest BCUT2D eigenvalue weighted by molar-refractivity contribution is -0.144. The van der Waals surface area contributed by atoms with Gasteiger partial charge in [-0.1, -0.05) is 83.7 Å². The summed E-state index contributed by atoms with van der Waals surface area (Å²) in [5.41, 5.74) is -0.569. The summed E-state index contributed by atoms with van der Waals surface area (Å²) in [7, 11) is 0. The van der Waals surface area contributed by atoms with E-state index in [9.17, 15) is 38.7 Å². The standard InChI is InChI=1S/C39H59N5O10/c1-8-15-27(32(46)34(48)40-21-29(45)42-31(36(50)51)25-18-13-10-14-19-25)41-33(47)28-20-26(54-39(5,6)7)22-44(28)35(49)30(24-16-11-9-12-17-24)43-37(52)53-23-38(2,3)4/h10,13-14,18-19,24,26-28,30-31H,8-9,11-12,15-17,20-23H2,1-7H3,(H,40,48)(H,41,47)(H,42,45)(H,43,52)(H,50,51)/t26-,27?,28?,30+,31+/m1/s1. The molecule has 2 unspecified atom stereocenters. The van der Waals surface area contributed by atoms with Crippen molar-refractivity contribution in [3.05, 3.63) is 35.9 Å². The number of carbonyl (C=O) groups excluding carboxylic acids is 6. The van der Waals surface area contributed by atoms with E-state index < -0.39 is 83.9 Å². The SMILES string of the molecule is CCCC(NC(=O)C1C[C@@H](OC(C)(C)C)CN1C(=O)[C@@H](NC(=O)OCC(C)(C)C)C1CCCCC1)C(=O)C(=O)NCC(=O)N[C@H](C(=O)O)c1ccccc1. The number of nitrogens with one attached hydrogen (secondary N) is 4. The van der Waals surface area contributed by atoms with Gasteiger partial charge in [0.25, 0.3) is 5.91 Å². The average Bonchev–Trinajstić information content (AvgIpc) is 3.53. The number of carbonyl (C=O) groups is 7. The van der Waals surface area contributed by atoms with Crippen molar-refractivity contribution in [2.45, 2.75) is 136 Å². The van der Waals surface area contributed by atoms with Crippen molar-refractivity contribution >= 4 is 41.5 Å². The van der Waals surface area contributed by atoms with Gasteiger partial charge in [-0.25, -0.2) is 9.59 Å². The number of nitrogens with zero attached hydrogens (tertiary/aromatic N) is 1. The van der Waals surface area contributed by atoms with E-state index in [0.29, 0.717) is 24.8 Å². The van der Waals surface area contributed by atoms with E-state index in [2.05, 4.69) is 21.3 Å². The fourth-order valence-electron chi connectivity index (χ4n) is 6.73. The minimum Gasteiger partial charge on any atom is -0.479 e. The summed E-state index contributed by atoms with van der Waals surface area (Å²) in [5.74, 6) is -5.57. The summed E-state index contributed by atoms with van der Waals surface area (Å²) in [5, 5.41) is 19.6. The van der Waals surface area contributed by atoms with Crippen LogP contribution in [0.5, 0.6) is 0 Å². The van der Waals surface area contributed by atoms with Gasteiger partial charge < -0.3 is 40.7 Å². The zero-order valence-electron chi connectivity index (χ0n) is 32.7. The van der Waals surface area contributed by atoms with Gasteiger partial charge in [-0.15, -0.1) is 0 Å². The summed E-state index contributed by atoms with van der Waals surface area (Å²) in [4.78, 5) is 93.6. The second kappa shape index (κ2) is 19.7. The molecule has 1 aromatic carbocycles. The average molecular weight is 758 g/mol. The first-order chi connectivity index (χ1) is 25.3. The number of ketones is 1. The molecule has 1 heterocycles. The predicted octanol–water partition coefficient (Wildman–Crippen LogP) is 3.40. The van der Waals surface area contributed by atoms with Crippen LogP contribution < -0.4 is 21.3 Å². The predicted molar refractivity (Wildman–Crippen MR) is 199 cm³/mol. The molecule has 1 aliphatic heterocycles. The van der Waals surface area contributed by atoms with Gasteiger partial charge in [-0.05, 0) is 56.9 Å². The van der Waals surface area contributed by atoms with Gasteiger partial charge in [-0.2, -0.15) is 0 Å². The van der Waals surface area contributed by atoms with Crippen LogP contribution in [0.15, 0.2) is 30.3 Å². The Labute approximate surface area is 318 Å². The van der Waals surface area contributed by atoms with Crippen LogP contribution in [0.2, 0.25) is 0 Å². The molecule has 15 heteroatoms. The van der Waals surface area contributed by atoms with Crippen LogP contribution in [0.3, 0.4) is 0 Å². The number of ether oxygens (including phenoxy) is 2. The van der Waals surface area contributed by atoms with Gasteiger partial charge in [0.15, 0.2) is 6.04 Å². The number of rotatable bonds is 16. The molecule has 1 aliphatic carbocycles. The number of Topliss-reactive ketones (excluding diaryl/α,β-unsaturated/α-hetero) is 1. The third-order valence-electron chi connectivity index (χ3n) is 9.19. The van der Waals surface area contributed by atoms with Crippen molar-refractivity contribution in [1.29, 1.82) is 0 Å². The maximum absolute atomic E-state index is 14.4. The Kier molecular flexibility index (Phi) is 16.0. The normalized spacial score (nSPS) is 19.5. The van der Waals surface area contributed by atoms with E-state index in [0.717, 1.165) is 19.3 Å². The summed E-state index contributed by atoms with van der Waals surface area (Å²) in [6.45, 7) is 12.7. The molecular weight excluding hydrogens is 698 g/mol. The van der Waals surface area contributed by atoms with Crippen LogP contribution in [0.4, 0.5) is 4.79 Å². The minimum absolute atomic E-state index is 0.0679. The maximum atomic E-state index is 14.4. The highest BCUT2D eigenvalue weighted by atomic mass is 16.5. The molecule has 15 nitrogen and oxygen atoms in total. The van der Waals surface area contributed by atoms with Crippen molar-refractivity contribution < 1.29 is 48.1 Å².